The molecule has 2 saturated carbocycles. The van der Waals surface area contributed by atoms with Gasteiger partial charge in [0.2, 0.25) is 0 Å². The van der Waals surface area contributed by atoms with Crippen LogP contribution in [0.5, 0.6) is 0 Å². The maximum Gasteiger partial charge on any atom is 0.345 e. The van der Waals surface area contributed by atoms with E-state index in [0.717, 1.165) is 62.7 Å². The molecule has 2 N–H and O–H groups in total. The number of nitriles is 1. The summed E-state index contributed by atoms with van der Waals surface area (Å²) in [7, 11) is 0. The zero-order valence-electron chi connectivity index (χ0n) is 17.6. The van der Waals surface area contributed by atoms with Crippen molar-refractivity contribution in [3.05, 3.63) is 21.9 Å². The van der Waals surface area contributed by atoms with Gasteiger partial charge in [-0.05, 0) is 93.6 Å². The van der Waals surface area contributed by atoms with Gasteiger partial charge in [-0.25, -0.2) is 4.79 Å². The van der Waals surface area contributed by atoms with Crippen LogP contribution in [0.3, 0.4) is 0 Å². The number of aliphatic hydroxyl groups is 1. The molecule has 2 aliphatic carbocycles. The highest BCUT2D eigenvalue weighted by molar-refractivity contribution is 7.13. The second-order valence-corrected chi connectivity index (χ2v) is 10.4. The van der Waals surface area contributed by atoms with Crippen LogP contribution in [-0.4, -0.2) is 22.3 Å². The highest BCUT2D eigenvalue weighted by Crippen LogP contribution is 2.48. The highest BCUT2D eigenvalue weighted by Gasteiger charge is 2.41. The molecule has 2 aliphatic rings. The number of thiophene rings is 1. The fraction of sp³-hybridized carbons (Fsp3) is 0.750. The average molecular weight is 418 g/mol. The van der Waals surface area contributed by atoms with E-state index in [2.05, 4.69) is 13.0 Å². The molecule has 1 aromatic rings. The highest BCUT2D eigenvalue weighted by atomic mass is 32.1. The molecule has 3 rings (SSSR count). The molecule has 0 saturated heterocycles. The maximum absolute atomic E-state index is 11.0. The van der Waals surface area contributed by atoms with Gasteiger partial charge < -0.3 is 10.2 Å². The number of nitrogens with zero attached hydrogens (tertiary/aromatic N) is 1. The molecule has 4 nitrogen and oxygen atoms in total. The minimum Gasteiger partial charge on any atom is -0.477 e. The SMILES string of the molecule is CCC1(C(O)CCC[C@@H]2[C@@H](CCCc3ccc(C(=O)O)s3)CC[C@@H]2C#N)CCC1. The van der Waals surface area contributed by atoms with Gasteiger partial charge in [-0.3, -0.25) is 0 Å². The summed E-state index contributed by atoms with van der Waals surface area (Å²) in [5, 5.41) is 29.3. The monoisotopic (exact) mass is 417 g/mol. The van der Waals surface area contributed by atoms with Gasteiger partial charge in [0.05, 0.1) is 12.2 Å². The molecule has 0 aliphatic heterocycles. The summed E-state index contributed by atoms with van der Waals surface area (Å²) in [6.07, 6.45) is 12.7. The van der Waals surface area contributed by atoms with Crippen LogP contribution in [0.15, 0.2) is 12.1 Å². The Kier molecular flexibility index (Phi) is 7.76. The fourth-order valence-corrected chi connectivity index (χ4v) is 6.57. The van der Waals surface area contributed by atoms with E-state index < -0.39 is 5.97 Å². The lowest BCUT2D eigenvalue weighted by Gasteiger charge is -2.45. The van der Waals surface area contributed by atoms with Crippen molar-refractivity contribution < 1.29 is 15.0 Å². The first-order chi connectivity index (χ1) is 14.0. The number of aromatic carboxylic acids is 1. The summed E-state index contributed by atoms with van der Waals surface area (Å²) in [5.74, 6) is 0.382. The predicted octanol–water partition coefficient (Wildman–Crippen LogP) is 6.05. The van der Waals surface area contributed by atoms with Gasteiger partial charge in [0.25, 0.3) is 0 Å². The molecule has 0 aromatic carbocycles. The van der Waals surface area contributed by atoms with Crippen molar-refractivity contribution in [2.75, 3.05) is 0 Å². The number of carboxylic acid groups (broad SMARTS) is 1. The molecule has 1 aromatic heterocycles. The van der Waals surface area contributed by atoms with Crippen molar-refractivity contribution in [1.82, 2.24) is 0 Å². The summed E-state index contributed by atoms with van der Waals surface area (Å²) in [4.78, 5) is 12.6. The minimum atomic E-state index is -0.845. The van der Waals surface area contributed by atoms with Gasteiger partial charge in [0.1, 0.15) is 4.88 Å². The molecule has 0 bridgehead atoms. The van der Waals surface area contributed by atoms with Crippen molar-refractivity contribution in [2.45, 2.75) is 90.1 Å². The third kappa shape index (κ3) is 5.22. The van der Waals surface area contributed by atoms with Crippen LogP contribution in [0.25, 0.3) is 0 Å². The first kappa shape index (κ1) is 22.3. The smallest absolute Gasteiger partial charge is 0.345 e. The van der Waals surface area contributed by atoms with E-state index in [1.165, 1.54) is 30.6 Å². The standard InChI is InChI=1S/C24H35NO3S/c1-2-24(14-5-15-24)22(26)9-4-8-20-17(10-11-18(20)16-25)6-3-7-19-12-13-21(29-19)23(27)28/h12-13,17-18,20,22,26H,2-11,14-15H2,1H3,(H,27,28)/t17-,18+,20+,22?/m0/s1. The van der Waals surface area contributed by atoms with Gasteiger partial charge in [0.15, 0.2) is 0 Å². The van der Waals surface area contributed by atoms with Gasteiger partial charge in [-0.2, -0.15) is 5.26 Å². The second kappa shape index (κ2) is 10.1. The first-order valence-electron chi connectivity index (χ1n) is 11.4. The second-order valence-electron chi connectivity index (χ2n) is 9.22. The van der Waals surface area contributed by atoms with E-state index in [4.69, 9.17) is 5.11 Å². The Hall–Kier alpha value is -1.38. The van der Waals surface area contributed by atoms with Gasteiger partial charge >= 0.3 is 5.97 Å². The Balaban J connectivity index is 1.45. The number of hydrogen-bond donors (Lipinski definition) is 2. The van der Waals surface area contributed by atoms with Crippen molar-refractivity contribution in [2.24, 2.45) is 23.2 Å². The molecule has 1 heterocycles. The van der Waals surface area contributed by atoms with Crippen LogP contribution in [0.1, 0.15) is 92.1 Å². The first-order valence-corrected chi connectivity index (χ1v) is 12.2. The van der Waals surface area contributed by atoms with Crippen LogP contribution < -0.4 is 0 Å². The topological polar surface area (TPSA) is 81.3 Å². The van der Waals surface area contributed by atoms with E-state index in [1.54, 1.807) is 6.07 Å². The Bertz CT molecular complexity index is 712. The van der Waals surface area contributed by atoms with E-state index in [9.17, 15) is 15.2 Å². The van der Waals surface area contributed by atoms with Crippen LogP contribution in [0, 0.1) is 34.5 Å². The fourth-order valence-electron chi connectivity index (χ4n) is 5.68. The molecular formula is C24H35NO3S. The van der Waals surface area contributed by atoms with Crippen molar-refractivity contribution >= 4 is 17.3 Å². The molecule has 5 heteroatoms. The number of hydrogen-bond acceptors (Lipinski definition) is 4. The lowest BCUT2D eigenvalue weighted by molar-refractivity contribution is -0.0438. The van der Waals surface area contributed by atoms with Crippen molar-refractivity contribution in [3.63, 3.8) is 0 Å². The van der Waals surface area contributed by atoms with Gasteiger partial charge in [0, 0.05) is 10.8 Å². The number of aryl methyl sites for hydroxylation is 1. The molecule has 0 spiro atoms. The van der Waals surface area contributed by atoms with E-state index in [-0.39, 0.29) is 17.4 Å². The molecule has 4 atom stereocenters. The lowest BCUT2D eigenvalue weighted by atomic mass is 9.62. The molecule has 2 fully saturated rings. The average Bonchev–Trinajstić information content (AvgIpc) is 3.29. The summed E-state index contributed by atoms with van der Waals surface area (Å²) in [6, 6.07) is 6.18. The van der Waals surface area contributed by atoms with E-state index >= 15 is 0 Å². The number of carboxylic acids is 1. The number of aliphatic hydroxyl groups excluding tert-OH is 1. The molecule has 160 valence electrons. The molecule has 0 amide bonds. The summed E-state index contributed by atoms with van der Waals surface area (Å²) in [5.41, 5.74) is 0.180. The quantitative estimate of drug-likeness (QED) is 0.459. The Morgan fingerprint density at radius 2 is 2.10 bits per heavy atom. The van der Waals surface area contributed by atoms with E-state index in [1.807, 2.05) is 6.07 Å². The molecule has 1 unspecified atom stereocenters. The third-order valence-electron chi connectivity index (χ3n) is 7.78. The zero-order valence-corrected chi connectivity index (χ0v) is 18.4. The zero-order chi connectivity index (χ0) is 20.9. The predicted molar refractivity (Wildman–Crippen MR) is 116 cm³/mol. The Morgan fingerprint density at radius 3 is 2.69 bits per heavy atom. The molecule has 0 radical (unpaired) electrons. The Morgan fingerprint density at radius 1 is 1.31 bits per heavy atom. The van der Waals surface area contributed by atoms with Crippen LogP contribution in [0.2, 0.25) is 0 Å². The van der Waals surface area contributed by atoms with E-state index in [0.29, 0.717) is 16.7 Å². The number of carbonyl (C=O) groups is 1. The number of rotatable bonds is 11. The van der Waals surface area contributed by atoms with Crippen molar-refractivity contribution in [3.8, 4) is 6.07 Å². The lowest BCUT2D eigenvalue weighted by Crippen LogP contribution is -2.40. The Labute approximate surface area is 179 Å². The van der Waals surface area contributed by atoms with Crippen LogP contribution >= 0.6 is 11.3 Å². The molecular weight excluding hydrogens is 382 g/mol. The largest absolute Gasteiger partial charge is 0.477 e. The van der Waals surface area contributed by atoms with Gasteiger partial charge in [-0.15, -0.1) is 11.3 Å². The van der Waals surface area contributed by atoms with Crippen molar-refractivity contribution in [1.29, 1.82) is 5.26 Å². The van der Waals surface area contributed by atoms with Gasteiger partial charge in [-0.1, -0.05) is 19.8 Å². The normalized spacial score (nSPS) is 26.6. The minimum absolute atomic E-state index is 0.168. The third-order valence-corrected chi connectivity index (χ3v) is 8.92. The molecule has 29 heavy (non-hydrogen) atoms. The maximum atomic E-state index is 11.0. The summed E-state index contributed by atoms with van der Waals surface area (Å²) < 4.78 is 0. The summed E-state index contributed by atoms with van der Waals surface area (Å²) in [6.45, 7) is 2.20. The summed E-state index contributed by atoms with van der Waals surface area (Å²) >= 11 is 1.38. The van der Waals surface area contributed by atoms with Crippen LogP contribution in [-0.2, 0) is 6.42 Å². The van der Waals surface area contributed by atoms with Crippen LogP contribution in [0.4, 0.5) is 0 Å².